The zero-order valence-corrected chi connectivity index (χ0v) is 12.2. The van der Waals surface area contributed by atoms with Crippen molar-refractivity contribution in [3.05, 3.63) is 22.0 Å². The van der Waals surface area contributed by atoms with E-state index in [1.54, 1.807) is 12.3 Å². The predicted molar refractivity (Wildman–Crippen MR) is 78.5 cm³/mol. The molecule has 0 aliphatic carbocycles. The normalized spacial score (nSPS) is 27.2. The first-order chi connectivity index (χ1) is 9.11. The van der Waals surface area contributed by atoms with Crippen LogP contribution in [0.1, 0.15) is 12.6 Å². The van der Waals surface area contributed by atoms with Crippen molar-refractivity contribution in [2.75, 3.05) is 12.3 Å². The van der Waals surface area contributed by atoms with Gasteiger partial charge in [0.25, 0.3) is 0 Å². The van der Waals surface area contributed by atoms with Gasteiger partial charge in [-0.2, -0.15) is 0 Å². The molecule has 0 unspecified atom stereocenters. The molecule has 2 aromatic heterocycles. The van der Waals surface area contributed by atoms with E-state index in [0.29, 0.717) is 12.1 Å². The zero-order valence-electron chi connectivity index (χ0n) is 10.0. The van der Waals surface area contributed by atoms with Crippen LogP contribution in [-0.4, -0.2) is 38.6 Å². The molecular weight excluding hydrogens is 361 g/mol. The minimum atomic E-state index is -0.661. The number of halogens is 1. The molecule has 1 fully saturated rings. The van der Waals surface area contributed by atoms with E-state index in [0.717, 1.165) is 14.6 Å². The number of anilines is 1. The lowest BCUT2D eigenvalue weighted by Gasteiger charge is -2.14. The molecule has 6 nitrogen and oxygen atoms in total. The smallest absolute Gasteiger partial charge is 0.145 e. The lowest BCUT2D eigenvalue weighted by atomic mass is 10.2. The molecule has 1 aliphatic heterocycles. The second kappa shape index (κ2) is 4.89. The van der Waals surface area contributed by atoms with Gasteiger partial charge in [-0.15, -0.1) is 0 Å². The summed E-state index contributed by atoms with van der Waals surface area (Å²) in [5.74, 6) is 0. The van der Waals surface area contributed by atoms with Crippen molar-refractivity contribution >= 4 is 39.3 Å². The molecule has 7 heteroatoms. The summed E-state index contributed by atoms with van der Waals surface area (Å²) in [7, 11) is 0. The fraction of sp³-hybridized carbons (Fsp3) is 0.417. The molecule has 102 valence electrons. The van der Waals surface area contributed by atoms with Gasteiger partial charge in [-0.3, -0.25) is 0 Å². The van der Waals surface area contributed by atoms with Gasteiger partial charge < -0.3 is 25.3 Å². The molecule has 3 atom stereocenters. The number of aromatic nitrogens is 2. The number of rotatable bonds is 2. The fourth-order valence-corrected chi connectivity index (χ4v) is 3.28. The summed E-state index contributed by atoms with van der Waals surface area (Å²) >= 11 is 2.20. The summed E-state index contributed by atoms with van der Waals surface area (Å²) in [4.78, 5) is 4.34. The van der Waals surface area contributed by atoms with Crippen molar-refractivity contribution in [2.24, 2.45) is 0 Å². The lowest BCUT2D eigenvalue weighted by Crippen LogP contribution is -2.24. The third-order valence-corrected chi connectivity index (χ3v) is 4.21. The molecule has 4 N–H and O–H groups in total. The molecule has 3 heterocycles. The van der Waals surface area contributed by atoms with Gasteiger partial charge in [-0.05, 0) is 28.7 Å². The summed E-state index contributed by atoms with van der Waals surface area (Å²) in [6, 6.07) is 1.76. The number of pyridine rings is 1. The molecule has 1 aliphatic rings. The second-order valence-corrected chi connectivity index (χ2v) is 5.76. The van der Waals surface area contributed by atoms with E-state index < -0.39 is 12.2 Å². The summed E-state index contributed by atoms with van der Waals surface area (Å²) in [5.41, 5.74) is 7.37. The first kappa shape index (κ1) is 13.1. The van der Waals surface area contributed by atoms with Crippen LogP contribution < -0.4 is 5.73 Å². The van der Waals surface area contributed by atoms with Crippen molar-refractivity contribution in [3.8, 4) is 0 Å². The van der Waals surface area contributed by atoms with Gasteiger partial charge in [0.2, 0.25) is 0 Å². The Bertz CT molecular complexity index is 616. The SMILES string of the molecule is Nc1ccnc2c1c(I)cn2[C@H]1C[C@H](O)[C@@H](CO)O1. The maximum atomic E-state index is 9.81. The third-order valence-electron chi connectivity index (χ3n) is 3.39. The van der Waals surface area contributed by atoms with Crippen molar-refractivity contribution in [1.29, 1.82) is 0 Å². The monoisotopic (exact) mass is 375 g/mol. The molecule has 2 aromatic rings. The Morgan fingerprint density at radius 3 is 3.05 bits per heavy atom. The van der Waals surface area contributed by atoms with Crippen LogP contribution in [0.5, 0.6) is 0 Å². The van der Waals surface area contributed by atoms with Gasteiger partial charge in [0.05, 0.1) is 18.1 Å². The molecule has 1 saturated heterocycles. The summed E-state index contributed by atoms with van der Waals surface area (Å²) in [6.07, 6.45) is 2.46. The first-order valence-corrected chi connectivity index (χ1v) is 7.04. The van der Waals surface area contributed by atoms with Crippen LogP contribution in [0.4, 0.5) is 5.69 Å². The number of aliphatic hydroxyl groups excluding tert-OH is 2. The molecular formula is C12H14IN3O3. The quantitative estimate of drug-likeness (QED) is 0.678. The van der Waals surface area contributed by atoms with Crippen molar-refractivity contribution in [3.63, 3.8) is 0 Å². The van der Waals surface area contributed by atoms with Gasteiger partial charge in [-0.25, -0.2) is 4.98 Å². The highest BCUT2D eigenvalue weighted by atomic mass is 127. The molecule has 0 amide bonds. The minimum absolute atomic E-state index is 0.191. The molecule has 0 spiro atoms. The average Bonchev–Trinajstić information content (AvgIpc) is 2.91. The van der Waals surface area contributed by atoms with E-state index in [1.165, 1.54) is 0 Å². The van der Waals surface area contributed by atoms with Gasteiger partial charge in [0.15, 0.2) is 0 Å². The van der Waals surface area contributed by atoms with Crippen LogP contribution in [0.15, 0.2) is 18.5 Å². The average molecular weight is 375 g/mol. The van der Waals surface area contributed by atoms with E-state index in [-0.39, 0.29) is 12.8 Å². The number of hydrogen-bond acceptors (Lipinski definition) is 5. The second-order valence-electron chi connectivity index (χ2n) is 4.60. The van der Waals surface area contributed by atoms with Gasteiger partial charge in [0, 0.05) is 28.1 Å². The fourth-order valence-electron chi connectivity index (χ4n) is 2.42. The van der Waals surface area contributed by atoms with Crippen LogP contribution in [0.3, 0.4) is 0 Å². The number of nitrogens with zero attached hydrogens (tertiary/aromatic N) is 2. The Hall–Kier alpha value is -0.900. The van der Waals surface area contributed by atoms with Crippen LogP contribution in [-0.2, 0) is 4.74 Å². The van der Waals surface area contributed by atoms with E-state index in [9.17, 15) is 5.11 Å². The highest BCUT2D eigenvalue weighted by Crippen LogP contribution is 2.34. The largest absolute Gasteiger partial charge is 0.398 e. The Labute approximate surface area is 123 Å². The van der Waals surface area contributed by atoms with Crippen LogP contribution in [0.2, 0.25) is 0 Å². The highest BCUT2D eigenvalue weighted by Gasteiger charge is 2.35. The first-order valence-electron chi connectivity index (χ1n) is 5.96. The van der Waals surface area contributed by atoms with Gasteiger partial charge >= 0.3 is 0 Å². The molecule has 0 radical (unpaired) electrons. The minimum Gasteiger partial charge on any atom is -0.398 e. The maximum absolute atomic E-state index is 9.81. The van der Waals surface area contributed by atoms with Crippen molar-refractivity contribution in [2.45, 2.75) is 24.9 Å². The summed E-state index contributed by atoms with van der Waals surface area (Å²) in [5, 5.41) is 19.8. The number of aliphatic hydroxyl groups is 2. The van der Waals surface area contributed by atoms with Gasteiger partial charge in [-0.1, -0.05) is 0 Å². The lowest BCUT2D eigenvalue weighted by molar-refractivity contribution is -0.0430. The number of nitrogens with two attached hydrogens (primary N) is 1. The Morgan fingerprint density at radius 1 is 1.58 bits per heavy atom. The Balaban J connectivity index is 2.05. The number of ether oxygens (including phenoxy) is 1. The highest BCUT2D eigenvalue weighted by molar-refractivity contribution is 14.1. The molecule has 19 heavy (non-hydrogen) atoms. The summed E-state index contributed by atoms with van der Waals surface area (Å²) in [6.45, 7) is -0.191. The third kappa shape index (κ3) is 2.10. The Kier molecular flexibility index (Phi) is 3.37. The molecule has 0 bridgehead atoms. The van der Waals surface area contributed by atoms with Gasteiger partial charge in [0.1, 0.15) is 18.0 Å². The molecule has 0 aromatic carbocycles. The Morgan fingerprint density at radius 2 is 2.37 bits per heavy atom. The number of nitrogen functional groups attached to an aromatic ring is 1. The zero-order chi connectivity index (χ0) is 13.6. The standard InChI is InChI=1S/C12H14IN3O3/c13-6-4-16(10-3-8(18)9(5-17)19-10)12-11(6)7(14)1-2-15-12/h1-2,4,8-10,17-18H,3,5H2,(H2,14,15)/t8-,9+,10+/m0/s1. The number of fused-ring (bicyclic) bond motifs is 1. The van der Waals surface area contributed by atoms with E-state index in [2.05, 4.69) is 27.6 Å². The van der Waals surface area contributed by atoms with E-state index in [4.69, 9.17) is 15.6 Å². The maximum Gasteiger partial charge on any atom is 0.145 e. The van der Waals surface area contributed by atoms with E-state index in [1.807, 2.05) is 10.8 Å². The molecule has 3 rings (SSSR count). The van der Waals surface area contributed by atoms with Crippen molar-refractivity contribution in [1.82, 2.24) is 9.55 Å². The van der Waals surface area contributed by atoms with Crippen LogP contribution >= 0.6 is 22.6 Å². The van der Waals surface area contributed by atoms with Crippen molar-refractivity contribution < 1.29 is 14.9 Å². The van der Waals surface area contributed by atoms with Crippen LogP contribution in [0.25, 0.3) is 11.0 Å². The predicted octanol–water partition coefficient (Wildman–Crippen LogP) is 0.864. The van der Waals surface area contributed by atoms with E-state index >= 15 is 0 Å². The molecule has 0 saturated carbocycles. The number of hydrogen-bond donors (Lipinski definition) is 3. The topological polar surface area (TPSA) is 93.5 Å². The van der Waals surface area contributed by atoms with Crippen LogP contribution in [0, 0.1) is 3.57 Å². The summed E-state index contributed by atoms with van der Waals surface area (Å²) < 4.78 is 8.51.